The van der Waals surface area contributed by atoms with Gasteiger partial charge in [0.15, 0.2) is 37.4 Å². The number of ether oxygens (including phenoxy) is 13. The topological polar surface area (TPSA) is 324 Å². The molecule has 2 saturated heterocycles. The highest BCUT2D eigenvalue weighted by molar-refractivity contribution is 5.75. The third kappa shape index (κ3) is 19.5. The fourth-order valence-corrected chi connectivity index (χ4v) is 7.57. The van der Waals surface area contributed by atoms with E-state index in [0.717, 1.165) is 33.5 Å². The van der Waals surface area contributed by atoms with E-state index in [-0.39, 0.29) is 26.4 Å². The molecule has 0 spiro atoms. The van der Waals surface area contributed by atoms with E-state index >= 15 is 0 Å². The van der Waals surface area contributed by atoms with Crippen LogP contribution >= 0.6 is 0 Å². The lowest BCUT2D eigenvalue weighted by Crippen LogP contribution is -2.63. The number of azide groups is 1. The molecule has 2 fully saturated rings. The summed E-state index contributed by atoms with van der Waals surface area (Å²) in [6.07, 6.45) is -16.7. The van der Waals surface area contributed by atoms with Crippen LogP contribution < -0.4 is 0 Å². The summed E-state index contributed by atoms with van der Waals surface area (Å²) in [6, 6.07) is -1.49. The molecule has 0 aromatic heterocycles. The predicted octanol–water partition coefficient (Wildman–Crippen LogP) is 1.78. The summed E-state index contributed by atoms with van der Waals surface area (Å²) in [5.74, 6) is -2.68. The maximum absolute atomic E-state index is 13.9. The average Bonchev–Trinajstić information content (AvgIpc) is 3.35. The number of hydrogen-bond donors (Lipinski definition) is 6. The second kappa shape index (κ2) is 34.8. The monoisotopic (exact) mass is 1000 g/mol. The van der Waals surface area contributed by atoms with E-state index in [9.17, 15) is 45.8 Å². The molecular weight excluding hydrogens is 918 g/mol. The van der Waals surface area contributed by atoms with Crippen LogP contribution in [0.25, 0.3) is 10.4 Å². The highest BCUT2D eigenvalue weighted by atomic mass is 16.8. The maximum Gasteiger partial charge on any atom is 0.337 e. The van der Waals surface area contributed by atoms with Crippen molar-refractivity contribution in [3.05, 3.63) is 10.4 Å². The molecule has 24 nitrogen and oxygen atoms in total. The Morgan fingerprint density at radius 3 is 1.62 bits per heavy atom. The quantitative estimate of drug-likeness (QED) is 0.0129. The van der Waals surface area contributed by atoms with Gasteiger partial charge in [0.25, 0.3) is 0 Å². The molecule has 2 rings (SSSR count). The van der Waals surface area contributed by atoms with Crippen molar-refractivity contribution in [2.24, 2.45) is 11.0 Å². The summed E-state index contributed by atoms with van der Waals surface area (Å²) in [5.41, 5.74) is 9.98. The number of aliphatic hydroxyl groups is 6. The Hall–Kier alpha value is -2.43. The van der Waals surface area contributed by atoms with Gasteiger partial charge in [0.2, 0.25) is 0 Å². The Balaban J connectivity index is 2.65. The summed E-state index contributed by atoms with van der Waals surface area (Å²) in [4.78, 5) is 29.9. The second-order valence-corrected chi connectivity index (χ2v) is 16.9. The Labute approximate surface area is 405 Å². The molecular formula is C45H83N3O21. The third-order valence-electron chi connectivity index (χ3n) is 11.7. The number of hydrogen-bond acceptors (Lipinski definition) is 22. The minimum absolute atomic E-state index is 0.0615. The van der Waals surface area contributed by atoms with Crippen LogP contribution in [0.15, 0.2) is 5.11 Å². The van der Waals surface area contributed by atoms with Gasteiger partial charge in [-0.3, -0.25) is 0 Å². The first kappa shape index (κ1) is 62.7. The molecule has 69 heavy (non-hydrogen) atoms. The number of methoxy groups -OCH3 is 2. The van der Waals surface area contributed by atoms with Gasteiger partial charge in [-0.15, -0.1) is 0 Å². The highest BCUT2D eigenvalue weighted by Gasteiger charge is 2.52. The van der Waals surface area contributed by atoms with Crippen LogP contribution in [-0.4, -0.2) is 214 Å². The fourth-order valence-electron chi connectivity index (χ4n) is 7.57. The first-order valence-corrected chi connectivity index (χ1v) is 24.2. The molecule has 2 heterocycles. The molecule has 8 unspecified atom stereocenters. The van der Waals surface area contributed by atoms with Gasteiger partial charge < -0.3 is 92.2 Å². The summed E-state index contributed by atoms with van der Waals surface area (Å²) < 4.78 is 77.2. The average molecular weight is 1000 g/mol. The smallest absolute Gasteiger partial charge is 0.337 e. The van der Waals surface area contributed by atoms with Gasteiger partial charge in [-0.1, -0.05) is 65.4 Å². The Kier molecular flexibility index (Phi) is 31.7. The maximum atomic E-state index is 13.9. The van der Waals surface area contributed by atoms with Gasteiger partial charge in [0.05, 0.1) is 65.1 Å². The molecule has 0 aromatic rings. The van der Waals surface area contributed by atoms with E-state index in [1.807, 2.05) is 27.7 Å². The van der Waals surface area contributed by atoms with Gasteiger partial charge in [0.1, 0.15) is 42.7 Å². The minimum atomic E-state index is -1.79. The second-order valence-electron chi connectivity index (χ2n) is 16.9. The molecule has 0 amide bonds. The summed E-state index contributed by atoms with van der Waals surface area (Å²) in [6.45, 7) is 10.2. The van der Waals surface area contributed by atoms with Crippen molar-refractivity contribution in [2.45, 2.75) is 204 Å². The van der Waals surface area contributed by atoms with Crippen LogP contribution in [-0.2, 0) is 71.2 Å². The molecule has 2 aliphatic rings. The van der Waals surface area contributed by atoms with Crippen LogP contribution in [0.3, 0.4) is 0 Å². The van der Waals surface area contributed by atoms with E-state index < -0.39 is 149 Å². The Bertz CT molecular complexity index is 1440. The lowest BCUT2D eigenvalue weighted by atomic mass is 9.92. The number of esters is 2. The van der Waals surface area contributed by atoms with E-state index in [1.54, 1.807) is 13.8 Å². The lowest BCUT2D eigenvalue weighted by molar-refractivity contribution is -0.340. The zero-order chi connectivity index (χ0) is 51.5. The normalized spacial score (nSPS) is 28.6. The molecule has 404 valence electrons. The van der Waals surface area contributed by atoms with Gasteiger partial charge >= 0.3 is 11.9 Å². The third-order valence-corrected chi connectivity index (χ3v) is 11.7. The minimum Gasteiger partial charge on any atom is -0.467 e. The van der Waals surface area contributed by atoms with Crippen molar-refractivity contribution in [3.63, 3.8) is 0 Å². The highest BCUT2D eigenvalue weighted by Crippen LogP contribution is 2.34. The van der Waals surface area contributed by atoms with Crippen molar-refractivity contribution < 1.29 is 102 Å². The van der Waals surface area contributed by atoms with Crippen LogP contribution in [0.5, 0.6) is 0 Å². The molecule has 0 aliphatic carbocycles. The zero-order valence-corrected chi connectivity index (χ0v) is 41.9. The number of carbonyl (C=O) groups is 2. The predicted molar refractivity (Wildman–Crippen MR) is 242 cm³/mol. The number of carbonyl (C=O) groups excluding carboxylic acids is 2. The molecule has 24 heteroatoms. The first-order chi connectivity index (χ1) is 33.2. The van der Waals surface area contributed by atoms with Crippen LogP contribution in [0.1, 0.15) is 99.8 Å². The van der Waals surface area contributed by atoms with Crippen LogP contribution in [0.4, 0.5) is 0 Å². The number of rotatable bonds is 37. The van der Waals surface area contributed by atoms with Crippen LogP contribution in [0, 0.1) is 5.92 Å². The number of unbranched alkanes of at least 4 members (excludes halogenated alkanes) is 4. The molecule has 18 atom stereocenters. The summed E-state index contributed by atoms with van der Waals surface area (Å²) in [7, 11) is 2.18. The summed E-state index contributed by atoms with van der Waals surface area (Å²) >= 11 is 0. The SMILES string of the molecule is CCCCOC1[C@H](OC(CO)OC(C(=O)OC)[C@@H](O[C@H]2OC(CO)[C@@H](OC(CO)OC(C(=O)OC)[C@H](O)[C@H](C)OCCCC)C(OCCCC)[C@@H]2N=[N+]=[N-])[C@H](C)OCCCC)C(CO)O[C@@H](O)[C@H]1C. The Morgan fingerprint density at radius 1 is 0.667 bits per heavy atom. The Morgan fingerprint density at radius 2 is 1.13 bits per heavy atom. The van der Waals surface area contributed by atoms with E-state index in [2.05, 4.69) is 10.0 Å². The van der Waals surface area contributed by atoms with E-state index in [1.165, 1.54) is 6.92 Å². The van der Waals surface area contributed by atoms with Crippen molar-refractivity contribution >= 4 is 11.9 Å². The zero-order valence-electron chi connectivity index (χ0n) is 41.9. The standard InChI is InChI=1S/C45H83N3O21/c1-10-14-18-59-27(6)34(53)40(43(55)57-8)67-31(24-51)66-38-30(23-50)64-45(33(47-48-46)39(38)62-21-17-13-4)69-36(28(7)60-19-15-11-2)41(44(56)58-9)68-32(25-52)65-37-29(22-49)63-42(54)26(5)35(37)61-20-16-12-3/h26-42,45,49-54H,10-25H2,1-9H3/t26-,27-,28-,29?,30?,31?,32?,33-,34+,35?,36-,37+,38+,39?,40?,41?,42+,45+/m0/s1. The molecule has 0 bridgehead atoms. The molecule has 0 radical (unpaired) electrons. The number of nitrogens with zero attached hydrogens (tertiary/aromatic N) is 3. The molecule has 2 aliphatic heterocycles. The summed E-state index contributed by atoms with van der Waals surface area (Å²) in [5, 5.41) is 68.2. The van der Waals surface area contributed by atoms with Gasteiger partial charge in [0, 0.05) is 37.3 Å². The van der Waals surface area contributed by atoms with Crippen molar-refractivity contribution in [2.75, 3.05) is 67.1 Å². The van der Waals surface area contributed by atoms with Crippen molar-refractivity contribution in [1.82, 2.24) is 0 Å². The lowest BCUT2D eigenvalue weighted by Gasteiger charge is -2.47. The van der Waals surface area contributed by atoms with Crippen molar-refractivity contribution in [3.8, 4) is 0 Å². The largest absolute Gasteiger partial charge is 0.467 e. The first-order valence-electron chi connectivity index (χ1n) is 24.2. The van der Waals surface area contributed by atoms with E-state index in [4.69, 9.17) is 61.6 Å². The molecule has 0 aromatic carbocycles. The number of aliphatic hydroxyl groups excluding tert-OH is 6. The van der Waals surface area contributed by atoms with Gasteiger partial charge in [-0.25, -0.2) is 9.59 Å². The molecule has 0 saturated carbocycles. The van der Waals surface area contributed by atoms with Gasteiger partial charge in [-0.2, -0.15) is 0 Å². The fraction of sp³-hybridized carbons (Fsp3) is 0.956. The van der Waals surface area contributed by atoms with E-state index in [0.29, 0.717) is 32.1 Å². The van der Waals surface area contributed by atoms with Gasteiger partial charge in [-0.05, 0) is 45.1 Å². The van der Waals surface area contributed by atoms with Crippen LogP contribution in [0.2, 0.25) is 0 Å². The molecule has 6 N–H and O–H groups in total. The van der Waals surface area contributed by atoms with Crippen molar-refractivity contribution in [1.29, 1.82) is 0 Å².